The first kappa shape index (κ1) is 12.8. The third-order valence-corrected chi connectivity index (χ3v) is 3.88. The number of piperidine rings is 2. The van der Waals surface area contributed by atoms with E-state index in [1.807, 2.05) is 0 Å². The Labute approximate surface area is 104 Å². The van der Waals surface area contributed by atoms with Crippen LogP contribution in [-0.2, 0) is 9.53 Å². The molecule has 1 amide bonds. The number of hydrogen-bond donors (Lipinski definition) is 1. The van der Waals surface area contributed by atoms with Gasteiger partial charge in [0.2, 0.25) is 5.91 Å². The fraction of sp³-hybridized carbons (Fsp3) is 0.923. The molecule has 17 heavy (non-hydrogen) atoms. The molecule has 0 unspecified atom stereocenters. The normalized spacial score (nSPS) is 30.3. The lowest BCUT2D eigenvalue weighted by molar-refractivity contribution is -0.138. The Bertz CT molecular complexity index is 250. The van der Waals surface area contributed by atoms with Crippen LogP contribution in [0, 0.1) is 11.8 Å². The van der Waals surface area contributed by atoms with Crippen molar-refractivity contribution in [3.05, 3.63) is 0 Å². The number of amides is 1. The quantitative estimate of drug-likeness (QED) is 0.796. The molecule has 0 saturated carbocycles. The second-order valence-corrected chi connectivity index (χ2v) is 5.29. The molecule has 2 rings (SSSR count). The van der Waals surface area contributed by atoms with Gasteiger partial charge in [-0.15, -0.1) is 0 Å². The first-order chi connectivity index (χ1) is 8.31. The van der Waals surface area contributed by atoms with Crippen LogP contribution in [0.25, 0.3) is 0 Å². The zero-order valence-electron chi connectivity index (χ0n) is 10.8. The maximum absolute atomic E-state index is 12.3. The van der Waals surface area contributed by atoms with Gasteiger partial charge >= 0.3 is 0 Å². The minimum atomic E-state index is 0.213. The summed E-state index contributed by atoms with van der Waals surface area (Å²) in [6, 6.07) is 0. The minimum Gasteiger partial charge on any atom is -0.384 e. The van der Waals surface area contributed by atoms with Gasteiger partial charge in [0.05, 0.1) is 12.5 Å². The Balaban J connectivity index is 1.85. The van der Waals surface area contributed by atoms with Crippen LogP contribution in [0.5, 0.6) is 0 Å². The summed E-state index contributed by atoms with van der Waals surface area (Å²) in [5.41, 5.74) is 0. The summed E-state index contributed by atoms with van der Waals surface area (Å²) in [5.74, 6) is 1.11. The Morgan fingerprint density at radius 3 is 3.00 bits per heavy atom. The van der Waals surface area contributed by atoms with E-state index in [0.29, 0.717) is 11.8 Å². The predicted molar refractivity (Wildman–Crippen MR) is 66.8 cm³/mol. The van der Waals surface area contributed by atoms with E-state index < -0.39 is 0 Å². The first-order valence-electron chi connectivity index (χ1n) is 6.79. The molecule has 2 fully saturated rings. The third kappa shape index (κ3) is 3.42. The van der Waals surface area contributed by atoms with E-state index in [4.69, 9.17) is 4.74 Å². The molecule has 2 aliphatic rings. The van der Waals surface area contributed by atoms with Crippen LogP contribution in [0.1, 0.15) is 25.7 Å². The number of ether oxygens (including phenoxy) is 1. The molecule has 2 atom stereocenters. The molecule has 0 aromatic carbocycles. The molecule has 1 N–H and O–H groups in total. The van der Waals surface area contributed by atoms with Gasteiger partial charge in [-0.3, -0.25) is 4.79 Å². The zero-order valence-corrected chi connectivity index (χ0v) is 10.8. The first-order valence-corrected chi connectivity index (χ1v) is 6.79. The molecule has 0 aliphatic carbocycles. The molecule has 0 radical (unpaired) electrons. The maximum Gasteiger partial charge on any atom is 0.226 e. The summed E-state index contributed by atoms with van der Waals surface area (Å²) in [7, 11) is 1.74. The van der Waals surface area contributed by atoms with Crippen molar-refractivity contribution < 1.29 is 9.53 Å². The number of nitrogens with one attached hydrogen (secondary N) is 1. The van der Waals surface area contributed by atoms with Crippen molar-refractivity contribution in [2.45, 2.75) is 25.7 Å². The molecular formula is C13H24N2O2. The average Bonchev–Trinajstić information content (AvgIpc) is 2.40. The van der Waals surface area contributed by atoms with E-state index in [0.717, 1.165) is 52.0 Å². The van der Waals surface area contributed by atoms with E-state index in [-0.39, 0.29) is 5.92 Å². The fourth-order valence-electron chi connectivity index (χ4n) is 2.96. The minimum absolute atomic E-state index is 0.213. The number of methoxy groups -OCH3 is 1. The van der Waals surface area contributed by atoms with Crippen LogP contribution < -0.4 is 5.32 Å². The molecule has 0 spiro atoms. The second kappa shape index (κ2) is 6.36. The van der Waals surface area contributed by atoms with Gasteiger partial charge in [0.25, 0.3) is 0 Å². The van der Waals surface area contributed by atoms with Gasteiger partial charge in [-0.1, -0.05) is 0 Å². The van der Waals surface area contributed by atoms with Gasteiger partial charge in [0.1, 0.15) is 0 Å². The summed E-state index contributed by atoms with van der Waals surface area (Å²) in [5, 5.41) is 3.32. The highest BCUT2D eigenvalue weighted by Crippen LogP contribution is 2.20. The largest absolute Gasteiger partial charge is 0.384 e. The molecule has 98 valence electrons. The molecule has 0 aromatic heterocycles. The van der Waals surface area contributed by atoms with Gasteiger partial charge < -0.3 is 15.0 Å². The highest BCUT2D eigenvalue weighted by molar-refractivity contribution is 5.79. The molecule has 0 bridgehead atoms. The van der Waals surface area contributed by atoms with E-state index >= 15 is 0 Å². The van der Waals surface area contributed by atoms with Gasteiger partial charge in [0.15, 0.2) is 0 Å². The van der Waals surface area contributed by atoms with E-state index in [9.17, 15) is 4.79 Å². The Morgan fingerprint density at radius 2 is 2.29 bits per heavy atom. The maximum atomic E-state index is 12.3. The van der Waals surface area contributed by atoms with Gasteiger partial charge in [-0.2, -0.15) is 0 Å². The van der Waals surface area contributed by atoms with E-state index in [1.54, 1.807) is 7.11 Å². The SMILES string of the molecule is COC[C@H]1CCCN(C(=O)[C@H]2CCCNC2)C1. The van der Waals surface area contributed by atoms with Crippen molar-refractivity contribution in [2.24, 2.45) is 11.8 Å². The molecule has 0 aromatic rings. The lowest BCUT2D eigenvalue weighted by Crippen LogP contribution is -2.47. The topological polar surface area (TPSA) is 41.6 Å². The van der Waals surface area contributed by atoms with Crippen molar-refractivity contribution in [3.8, 4) is 0 Å². The highest BCUT2D eigenvalue weighted by Gasteiger charge is 2.29. The third-order valence-electron chi connectivity index (χ3n) is 3.88. The van der Waals surface area contributed by atoms with Crippen LogP contribution >= 0.6 is 0 Å². The smallest absolute Gasteiger partial charge is 0.226 e. The Morgan fingerprint density at radius 1 is 1.41 bits per heavy atom. The number of likely N-dealkylation sites (tertiary alicyclic amines) is 1. The molecule has 4 nitrogen and oxygen atoms in total. The molecule has 2 saturated heterocycles. The predicted octanol–water partition coefficient (Wildman–Crippen LogP) is 0.871. The van der Waals surface area contributed by atoms with Gasteiger partial charge in [0, 0.05) is 26.7 Å². The number of carbonyl (C=O) groups excluding carboxylic acids is 1. The highest BCUT2D eigenvalue weighted by atomic mass is 16.5. The lowest BCUT2D eigenvalue weighted by atomic mass is 9.94. The molecular weight excluding hydrogens is 216 g/mol. The summed E-state index contributed by atoms with van der Waals surface area (Å²) in [4.78, 5) is 14.4. The standard InChI is InChI=1S/C13H24N2O2/c1-17-10-11-4-3-7-15(9-11)13(16)12-5-2-6-14-8-12/h11-12,14H,2-10H2,1H3/t11-,12-/m0/s1. The van der Waals surface area contributed by atoms with Crippen molar-refractivity contribution in [1.82, 2.24) is 10.2 Å². The van der Waals surface area contributed by atoms with Crippen LogP contribution in [0.4, 0.5) is 0 Å². The molecule has 2 aliphatic heterocycles. The Kier molecular flexibility index (Phi) is 4.80. The van der Waals surface area contributed by atoms with E-state index in [2.05, 4.69) is 10.2 Å². The second-order valence-electron chi connectivity index (χ2n) is 5.29. The van der Waals surface area contributed by atoms with Crippen LogP contribution in [0.2, 0.25) is 0 Å². The molecule has 4 heteroatoms. The molecule has 2 heterocycles. The number of hydrogen-bond acceptors (Lipinski definition) is 3. The summed E-state index contributed by atoms with van der Waals surface area (Å²) in [6.45, 7) is 4.55. The van der Waals surface area contributed by atoms with Gasteiger partial charge in [-0.05, 0) is 38.1 Å². The monoisotopic (exact) mass is 240 g/mol. The average molecular weight is 240 g/mol. The number of rotatable bonds is 3. The Hall–Kier alpha value is -0.610. The van der Waals surface area contributed by atoms with Crippen LogP contribution in [0.15, 0.2) is 0 Å². The fourth-order valence-corrected chi connectivity index (χ4v) is 2.96. The summed E-state index contributed by atoms with van der Waals surface area (Å²) in [6.07, 6.45) is 4.50. The van der Waals surface area contributed by atoms with Crippen molar-refractivity contribution in [1.29, 1.82) is 0 Å². The van der Waals surface area contributed by atoms with E-state index in [1.165, 1.54) is 6.42 Å². The zero-order chi connectivity index (χ0) is 12.1. The lowest BCUT2D eigenvalue weighted by Gasteiger charge is -2.35. The van der Waals surface area contributed by atoms with Crippen molar-refractivity contribution in [2.75, 3.05) is 39.9 Å². The van der Waals surface area contributed by atoms with Gasteiger partial charge in [-0.25, -0.2) is 0 Å². The number of carbonyl (C=O) groups is 1. The van der Waals surface area contributed by atoms with Crippen LogP contribution in [-0.4, -0.2) is 50.7 Å². The van der Waals surface area contributed by atoms with Crippen molar-refractivity contribution >= 4 is 5.91 Å². The number of nitrogens with zero attached hydrogens (tertiary/aromatic N) is 1. The van der Waals surface area contributed by atoms with Crippen molar-refractivity contribution in [3.63, 3.8) is 0 Å². The summed E-state index contributed by atoms with van der Waals surface area (Å²) < 4.78 is 5.20. The summed E-state index contributed by atoms with van der Waals surface area (Å²) >= 11 is 0. The van der Waals surface area contributed by atoms with Crippen LogP contribution in [0.3, 0.4) is 0 Å².